The van der Waals surface area contributed by atoms with E-state index in [4.69, 9.17) is 10.8 Å². The Morgan fingerprint density at radius 1 is 1.53 bits per heavy atom. The Morgan fingerprint density at radius 2 is 2.24 bits per heavy atom. The van der Waals surface area contributed by atoms with E-state index in [1.54, 1.807) is 13.1 Å². The second kappa shape index (κ2) is 5.91. The highest BCUT2D eigenvalue weighted by Crippen LogP contribution is 2.19. The van der Waals surface area contributed by atoms with E-state index in [0.29, 0.717) is 11.3 Å². The predicted octanol–water partition coefficient (Wildman–Crippen LogP) is 0.438. The number of hydrogen-bond donors (Lipinski definition) is 3. The summed E-state index contributed by atoms with van der Waals surface area (Å²) in [7, 11) is 1.59. The molecule has 0 aliphatic heterocycles. The third-order valence-corrected chi connectivity index (χ3v) is 2.29. The maximum atomic E-state index is 11.5. The van der Waals surface area contributed by atoms with Gasteiger partial charge in [-0.2, -0.15) is 0 Å². The Balaban J connectivity index is 2.76. The fourth-order valence-electron chi connectivity index (χ4n) is 1.25. The highest BCUT2D eigenvalue weighted by atomic mass is 16.3. The van der Waals surface area contributed by atoms with Crippen LogP contribution in [0.5, 0.6) is 5.75 Å². The maximum absolute atomic E-state index is 11.5. The molecule has 0 fully saturated rings. The van der Waals surface area contributed by atoms with Crippen LogP contribution in [-0.4, -0.2) is 41.2 Å². The fraction of sp³-hybridized carbons (Fsp3) is 0.250. The molecule has 0 saturated heterocycles. The smallest absolute Gasteiger partial charge is 0.246 e. The minimum atomic E-state index is -0.234. The van der Waals surface area contributed by atoms with Gasteiger partial charge in [-0.3, -0.25) is 4.79 Å². The lowest BCUT2D eigenvalue weighted by Crippen LogP contribution is -2.27. The summed E-state index contributed by atoms with van der Waals surface area (Å²) in [5.74, 6) is -0.142. The van der Waals surface area contributed by atoms with Crippen molar-refractivity contribution in [3.05, 3.63) is 29.8 Å². The number of amides is 1. The van der Waals surface area contributed by atoms with E-state index in [0.717, 1.165) is 0 Å². The Kier molecular flexibility index (Phi) is 4.54. The average Bonchev–Trinajstić information content (AvgIpc) is 2.30. The molecule has 0 saturated carbocycles. The normalized spacial score (nSPS) is 10.7. The zero-order valence-electron chi connectivity index (χ0n) is 9.63. The van der Waals surface area contributed by atoms with Crippen LogP contribution in [0.3, 0.4) is 0 Å². The average molecular weight is 236 g/mol. The molecule has 5 heteroatoms. The molecule has 5 nitrogen and oxygen atoms in total. The van der Waals surface area contributed by atoms with Crippen LogP contribution in [0.15, 0.2) is 24.3 Å². The molecule has 0 aliphatic rings. The standard InChI is InChI=1S/C12H16N2O3/c1-14(6-7-15)12(17)5-2-9-8-10(16)3-4-11(9)13/h2-5,8,15-16H,6-7,13H2,1H3/b5-2+. The second-order valence-electron chi connectivity index (χ2n) is 3.63. The molecule has 0 radical (unpaired) electrons. The van der Waals surface area contributed by atoms with Gasteiger partial charge in [-0.15, -0.1) is 0 Å². The van der Waals surface area contributed by atoms with Crippen molar-refractivity contribution in [2.24, 2.45) is 0 Å². The van der Waals surface area contributed by atoms with Crippen molar-refractivity contribution in [1.82, 2.24) is 4.90 Å². The molecule has 0 aromatic heterocycles. The summed E-state index contributed by atoms with van der Waals surface area (Å²) in [4.78, 5) is 12.9. The van der Waals surface area contributed by atoms with Crippen molar-refractivity contribution < 1.29 is 15.0 Å². The molecule has 92 valence electrons. The molecule has 0 heterocycles. The van der Waals surface area contributed by atoms with Crippen molar-refractivity contribution in [2.45, 2.75) is 0 Å². The Morgan fingerprint density at radius 3 is 2.88 bits per heavy atom. The third kappa shape index (κ3) is 3.81. The number of carbonyl (C=O) groups is 1. The first-order valence-electron chi connectivity index (χ1n) is 5.17. The minimum absolute atomic E-state index is 0.0790. The quantitative estimate of drug-likeness (QED) is 0.402. The number of nitrogens with two attached hydrogens (primary N) is 1. The number of aromatic hydroxyl groups is 1. The summed E-state index contributed by atoms with van der Waals surface area (Å²) in [6, 6.07) is 4.52. The topological polar surface area (TPSA) is 86.8 Å². The number of aliphatic hydroxyl groups is 1. The van der Waals surface area contributed by atoms with Gasteiger partial charge in [-0.05, 0) is 24.3 Å². The number of phenolic OH excluding ortho intramolecular Hbond substituents is 1. The third-order valence-electron chi connectivity index (χ3n) is 2.29. The second-order valence-corrected chi connectivity index (χ2v) is 3.63. The monoisotopic (exact) mass is 236 g/mol. The van der Waals surface area contributed by atoms with E-state index in [-0.39, 0.29) is 24.8 Å². The van der Waals surface area contributed by atoms with Crippen LogP contribution < -0.4 is 5.73 Å². The van der Waals surface area contributed by atoms with E-state index >= 15 is 0 Å². The number of nitrogen functional groups attached to an aromatic ring is 1. The van der Waals surface area contributed by atoms with Crippen LogP contribution in [0, 0.1) is 0 Å². The summed E-state index contributed by atoms with van der Waals surface area (Å²) < 4.78 is 0. The van der Waals surface area contributed by atoms with Gasteiger partial charge in [0.25, 0.3) is 0 Å². The molecular formula is C12H16N2O3. The van der Waals surface area contributed by atoms with E-state index < -0.39 is 0 Å². The van der Waals surface area contributed by atoms with Crippen LogP contribution >= 0.6 is 0 Å². The van der Waals surface area contributed by atoms with Gasteiger partial charge in [0.05, 0.1) is 6.61 Å². The number of carbonyl (C=O) groups excluding carboxylic acids is 1. The molecule has 1 aromatic carbocycles. The number of anilines is 1. The molecule has 0 atom stereocenters. The van der Waals surface area contributed by atoms with Crippen molar-refractivity contribution in [2.75, 3.05) is 25.9 Å². The fourth-order valence-corrected chi connectivity index (χ4v) is 1.25. The van der Waals surface area contributed by atoms with E-state index in [9.17, 15) is 9.90 Å². The van der Waals surface area contributed by atoms with Gasteiger partial charge in [-0.25, -0.2) is 0 Å². The molecule has 1 rings (SSSR count). The van der Waals surface area contributed by atoms with Crippen LogP contribution in [0.2, 0.25) is 0 Å². The summed E-state index contributed by atoms with van der Waals surface area (Å²) in [6.45, 7) is 0.197. The van der Waals surface area contributed by atoms with Gasteiger partial charge in [0, 0.05) is 30.9 Å². The van der Waals surface area contributed by atoms with Crippen LogP contribution in [0.25, 0.3) is 6.08 Å². The molecule has 0 unspecified atom stereocenters. The Labute approximate surface area is 99.8 Å². The molecule has 4 N–H and O–H groups in total. The largest absolute Gasteiger partial charge is 0.508 e. The highest BCUT2D eigenvalue weighted by molar-refractivity contribution is 5.92. The molecule has 0 aliphatic carbocycles. The summed E-state index contributed by atoms with van der Waals surface area (Å²) in [5, 5.41) is 18.0. The van der Waals surface area contributed by atoms with E-state index in [1.807, 2.05) is 0 Å². The summed E-state index contributed by atoms with van der Waals surface area (Å²) in [6.07, 6.45) is 2.88. The van der Waals surface area contributed by atoms with Crippen LogP contribution in [0.4, 0.5) is 5.69 Å². The number of likely N-dealkylation sites (N-methyl/N-ethyl adjacent to an activating group) is 1. The van der Waals surface area contributed by atoms with E-state index in [2.05, 4.69) is 0 Å². The minimum Gasteiger partial charge on any atom is -0.508 e. The first-order valence-corrected chi connectivity index (χ1v) is 5.17. The number of aliphatic hydroxyl groups excluding tert-OH is 1. The van der Waals surface area contributed by atoms with Crippen molar-refractivity contribution in [3.63, 3.8) is 0 Å². The molecular weight excluding hydrogens is 220 g/mol. The summed E-state index contributed by atoms with van der Waals surface area (Å²) >= 11 is 0. The van der Waals surface area contributed by atoms with Gasteiger partial charge in [-0.1, -0.05) is 0 Å². The van der Waals surface area contributed by atoms with Crippen LogP contribution in [0.1, 0.15) is 5.56 Å². The Hall–Kier alpha value is -2.01. The number of phenols is 1. The molecule has 17 heavy (non-hydrogen) atoms. The number of hydrogen-bond acceptors (Lipinski definition) is 4. The van der Waals surface area contributed by atoms with Crippen molar-refractivity contribution in [1.29, 1.82) is 0 Å². The molecule has 0 bridgehead atoms. The van der Waals surface area contributed by atoms with E-state index in [1.165, 1.54) is 29.2 Å². The maximum Gasteiger partial charge on any atom is 0.246 e. The first kappa shape index (κ1) is 13.1. The SMILES string of the molecule is CN(CCO)C(=O)/C=C/c1cc(O)ccc1N. The van der Waals surface area contributed by atoms with Gasteiger partial charge >= 0.3 is 0 Å². The van der Waals surface area contributed by atoms with Gasteiger partial charge in [0.2, 0.25) is 5.91 Å². The molecule has 0 spiro atoms. The highest BCUT2D eigenvalue weighted by Gasteiger charge is 2.03. The summed E-state index contributed by atoms with van der Waals surface area (Å²) in [5.41, 5.74) is 6.75. The van der Waals surface area contributed by atoms with Gasteiger partial charge in [0.15, 0.2) is 0 Å². The van der Waals surface area contributed by atoms with Gasteiger partial charge in [0.1, 0.15) is 5.75 Å². The number of rotatable bonds is 4. The van der Waals surface area contributed by atoms with Crippen molar-refractivity contribution >= 4 is 17.7 Å². The lowest BCUT2D eigenvalue weighted by atomic mass is 10.1. The zero-order valence-corrected chi connectivity index (χ0v) is 9.63. The lowest BCUT2D eigenvalue weighted by molar-refractivity contribution is -0.125. The van der Waals surface area contributed by atoms with Crippen LogP contribution in [-0.2, 0) is 4.79 Å². The zero-order chi connectivity index (χ0) is 12.8. The number of benzene rings is 1. The molecule has 1 amide bonds. The predicted molar refractivity (Wildman–Crippen MR) is 66.3 cm³/mol. The molecule has 1 aromatic rings. The lowest BCUT2D eigenvalue weighted by Gasteiger charge is -2.12. The van der Waals surface area contributed by atoms with Gasteiger partial charge < -0.3 is 20.8 Å². The first-order chi connectivity index (χ1) is 8.04. The van der Waals surface area contributed by atoms with Crippen molar-refractivity contribution in [3.8, 4) is 5.75 Å². The Bertz CT molecular complexity index is 430. The number of nitrogens with zero attached hydrogens (tertiary/aromatic N) is 1.